The summed E-state index contributed by atoms with van der Waals surface area (Å²) >= 11 is 0. The number of benzene rings is 1. The van der Waals surface area contributed by atoms with E-state index < -0.39 is 0 Å². The number of anilines is 1. The second kappa shape index (κ2) is 5.51. The Labute approximate surface area is 115 Å². The van der Waals surface area contributed by atoms with Gasteiger partial charge in [0.25, 0.3) is 0 Å². The van der Waals surface area contributed by atoms with Gasteiger partial charge >= 0.3 is 0 Å². The molecule has 104 valence electrons. The van der Waals surface area contributed by atoms with Crippen molar-refractivity contribution in [1.82, 2.24) is 0 Å². The molecule has 0 saturated carbocycles. The highest BCUT2D eigenvalue weighted by atomic mass is 16.5. The molecular weight excluding hydrogens is 236 g/mol. The van der Waals surface area contributed by atoms with Crippen LogP contribution in [0.2, 0.25) is 0 Å². The van der Waals surface area contributed by atoms with E-state index >= 15 is 0 Å². The van der Waals surface area contributed by atoms with Gasteiger partial charge in [-0.15, -0.1) is 0 Å². The zero-order valence-corrected chi connectivity index (χ0v) is 11.7. The Kier molecular flexibility index (Phi) is 3.76. The van der Waals surface area contributed by atoms with Crippen LogP contribution in [0.3, 0.4) is 0 Å². The summed E-state index contributed by atoms with van der Waals surface area (Å²) in [6.45, 7) is 4.28. The number of para-hydroxylation sites is 1. The van der Waals surface area contributed by atoms with E-state index in [1.807, 2.05) is 0 Å². The van der Waals surface area contributed by atoms with Crippen molar-refractivity contribution < 1.29 is 4.74 Å². The molecule has 1 aromatic carbocycles. The van der Waals surface area contributed by atoms with Crippen LogP contribution in [0.5, 0.6) is 0 Å². The SMILES string of the molecule is CC1CCC(CN2CCCC(N)c3ccccc32)O1. The summed E-state index contributed by atoms with van der Waals surface area (Å²) in [7, 11) is 0. The van der Waals surface area contributed by atoms with Crippen molar-refractivity contribution in [1.29, 1.82) is 0 Å². The first-order valence-electron chi connectivity index (χ1n) is 7.49. The highest BCUT2D eigenvalue weighted by Crippen LogP contribution is 2.32. The third-order valence-corrected chi connectivity index (χ3v) is 4.36. The molecule has 0 spiro atoms. The highest BCUT2D eigenvalue weighted by molar-refractivity contribution is 5.55. The first-order chi connectivity index (χ1) is 9.24. The van der Waals surface area contributed by atoms with E-state index in [1.54, 1.807) is 0 Å². The molecule has 0 amide bonds. The molecule has 3 unspecified atom stereocenters. The maximum absolute atomic E-state index is 6.28. The standard InChI is InChI=1S/C16H24N2O/c1-12-8-9-13(19-12)11-18-10-4-6-15(17)14-5-2-3-7-16(14)18/h2-3,5,7,12-13,15H,4,6,8-11,17H2,1H3. The van der Waals surface area contributed by atoms with Crippen LogP contribution < -0.4 is 10.6 Å². The summed E-state index contributed by atoms with van der Waals surface area (Å²) in [5, 5.41) is 0. The van der Waals surface area contributed by atoms with Crippen LogP contribution in [0.4, 0.5) is 5.69 Å². The molecule has 0 aromatic heterocycles. The molecule has 2 aliphatic heterocycles. The fraction of sp³-hybridized carbons (Fsp3) is 0.625. The highest BCUT2D eigenvalue weighted by Gasteiger charge is 2.26. The van der Waals surface area contributed by atoms with Gasteiger partial charge in [0, 0.05) is 24.8 Å². The molecular formula is C16H24N2O. The van der Waals surface area contributed by atoms with E-state index in [0.29, 0.717) is 12.2 Å². The Morgan fingerprint density at radius 3 is 2.89 bits per heavy atom. The van der Waals surface area contributed by atoms with Gasteiger partial charge in [-0.1, -0.05) is 18.2 Å². The quantitative estimate of drug-likeness (QED) is 0.888. The van der Waals surface area contributed by atoms with Gasteiger partial charge in [-0.05, 0) is 44.2 Å². The number of hydrogen-bond donors (Lipinski definition) is 1. The predicted octanol–water partition coefficient (Wildman–Crippen LogP) is 2.85. The van der Waals surface area contributed by atoms with Gasteiger partial charge in [-0.3, -0.25) is 0 Å². The lowest BCUT2D eigenvalue weighted by Crippen LogP contribution is -2.33. The third-order valence-electron chi connectivity index (χ3n) is 4.36. The van der Waals surface area contributed by atoms with Crippen LogP contribution in [0.15, 0.2) is 24.3 Å². The molecule has 3 nitrogen and oxygen atoms in total. The first kappa shape index (κ1) is 12.9. The molecule has 1 fully saturated rings. The average Bonchev–Trinajstić information content (AvgIpc) is 2.75. The fourth-order valence-electron chi connectivity index (χ4n) is 3.32. The second-order valence-electron chi connectivity index (χ2n) is 5.90. The summed E-state index contributed by atoms with van der Waals surface area (Å²) in [6.07, 6.45) is 5.44. The molecule has 2 aliphatic rings. The number of ether oxygens (including phenoxy) is 1. The van der Waals surface area contributed by atoms with Gasteiger partial charge in [0.2, 0.25) is 0 Å². The molecule has 0 radical (unpaired) electrons. The minimum absolute atomic E-state index is 0.185. The van der Waals surface area contributed by atoms with E-state index in [1.165, 1.54) is 24.1 Å². The number of nitrogens with two attached hydrogens (primary N) is 1. The lowest BCUT2D eigenvalue weighted by molar-refractivity contribution is 0.0600. The zero-order valence-electron chi connectivity index (χ0n) is 11.7. The van der Waals surface area contributed by atoms with E-state index in [0.717, 1.165) is 25.9 Å². The van der Waals surface area contributed by atoms with Crippen LogP contribution in [0, 0.1) is 0 Å². The van der Waals surface area contributed by atoms with Crippen LogP contribution in [-0.2, 0) is 4.74 Å². The number of rotatable bonds is 2. The van der Waals surface area contributed by atoms with E-state index in [2.05, 4.69) is 36.1 Å². The van der Waals surface area contributed by atoms with Gasteiger partial charge in [0.15, 0.2) is 0 Å². The largest absolute Gasteiger partial charge is 0.373 e. The molecule has 0 bridgehead atoms. The van der Waals surface area contributed by atoms with Crippen molar-refractivity contribution in [3.8, 4) is 0 Å². The molecule has 3 heteroatoms. The molecule has 2 N–H and O–H groups in total. The zero-order chi connectivity index (χ0) is 13.2. The van der Waals surface area contributed by atoms with Crippen molar-refractivity contribution in [2.45, 2.75) is 50.9 Å². The van der Waals surface area contributed by atoms with Crippen molar-refractivity contribution in [2.24, 2.45) is 5.73 Å². The Hall–Kier alpha value is -1.06. The van der Waals surface area contributed by atoms with E-state index in [4.69, 9.17) is 10.5 Å². The molecule has 3 rings (SSSR count). The first-order valence-corrected chi connectivity index (χ1v) is 7.49. The van der Waals surface area contributed by atoms with Crippen molar-refractivity contribution in [3.63, 3.8) is 0 Å². The Morgan fingerprint density at radius 2 is 2.11 bits per heavy atom. The summed E-state index contributed by atoms with van der Waals surface area (Å²) in [5.74, 6) is 0. The average molecular weight is 260 g/mol. The third kappa shape index (κ3) is 2.77. The molecule has 3 atom stereocenters. The summed E-state index contributed by atoms with van der Waals surface area (Å²) in [5.41, 5.74) is 8.89. The molecule has 1 aromatic rings. The number of hydrogen-bond acceptors (Lipinski definition) is 3. The second-order valence-corrected chi connectivity index (χ2v) is 5.90. The Bertz CT molecular complexity index is 435. The maximum Gasteiger partial charge on any atom is 0.0754 e. The van der Waals surface area contributed by atoms with Crippen molar-refractivity contribution >= 4 is 5.69 Å². The Balaban J connectivity index is 1.79. The van der Waals surface area contributed by atoms with Crippen molar-refractivity contribution in [3.05, 3.63) is 29.8 Å². The minimum Gasteiger partial charge on any atom is -0.373 e. The predicted molar refractivity (Wildman–Crippen MR) is 78.4 cm³/mol. The van der Waals surface area contributed by atoms with Crippen LogP contribution in [0.1, 0.15) is 44.2 Å². The van der Waals surface area contributed by atoms with E-state index in [9.17, 15) is 0 Å². The van der Waals surface area contributed by atoms with Crippen molar-refractivity contribution in [2.75, 3.05) is 18.0 Å². The molecule has 19 heavy (non-hydrogen) atoms. The maximum atomic E-state index is 6.28. The lowest BCUT2D eigenvalue weighted by atomic mass is 10.0. The van der Waals surface area contributed by atoms with Gasteiger partial charge in [-0.25, -0.2) is 0 Å². The monoisotopic (exact) mass is 260 g/mol. The smallest absolute Gasteiger partial charge is 0.0754 e. The van der Waals surface area contributed by atoms with Crippen LogP contribution in [0.25, 0.3) is 0 Å². The topological polar surface area (TPSA) is 38.5 Å². The summed E-state index contributed by atoms with van der Waals surface area (Å²) in [4.78, 5) is 2.48. The fourth-order valence-corrected chi connectivity index (χ4v) is 3.32. The van der Waals surface area contributed by atoms with Gasteiger partial charge in [-0.2, -0.15) is 0 Å². The number of nitrogens with zero attached hydrogens (tertiary/aromatic N) is 1. The molecule has 0 aliphatic carbocycles. The summed E-state index contributed by atoms with van der Waals surface area (Å²) < 4.78 is 5.97. The molecule has 2 heterocycles. The van der Waals surface area contributed by atoms with Crippen LogP contribution in [-0.4, -0.2) is 25.3 Å². The normalized spacial score (nSPS) is 31.1. The molecule has 1 saturated heterocycles. The lowest BCUT2D eigenvalue weighted by Gasteiger charge is -2.28. The van der Waals surface area contributed by atoms with E-state index in [-0.39, 0.29) is 6.04 Å². The minimum atomic E-state index is 0.185. The Morgan fingerprint density at radius 1 is 1.26 bits per heavy atom. The van der Waals surface area contributed by atoms with Gasteiger partial charge in [0.1, 0.15) is 0 Å². The number of fused-ring (bicyclic) bond motifs is 1. The summed E-state index contributed by atoms with van der Waals surface area (Å²) in [6, 6.07) is 8.78. The van der Waals surface area contributed by atoms with Gasteiger partial charge < -0.3 is 15.4 Å². The van der Waals surface area contributed by atoms with Gasteiger partial charge in [0.05, 0.1) is 12.2 Å². The van der Waals surface area contributed by atoms with Crippen LogP contribution >= 0.6 is 0 Å².